The predicted molar refractivity (Wildman–Crippen MR) is 83.1 cm³/mol. The maximum atomic E-state index is 8.74. The molecule has 0 heterocycles. The van der Waals surface area contributed by atoms with Crippen LogP contribution in [-0.2, 0) is 29.9 Å². The fourth-order valence-corrected chi connectivity index (χ4v) is 0. The first-order chi connectivity index (χ1) is 8.81. The van der Waals surface area contributed by atoms with Crippen LogP contribution in [0.3, 0.4) is 0 Å². The third-order valence-corrected chi connectivity index (χ3v) is 0.919. The molecule has 0 radical (unpaired) electrons. The first kappa shape index (κ1) is 33.0. The normalized spacial score (nSPS) is 13.5. The molecule has 0 aromatic rings. The van der Waals surface area contributed by atoms with Crippen LogP contribution in [-0.4, -0.2) is 55.3 Å². The van der Waals surface area contributed by atoms with Gasteiger partial charge in [0.15, 0.2) is 0 Å². The number of nitrogens with one attached hydrogen (secondary N) is 6. The topological polar surface area (TPSA) is 217 Å². The van der Waals surface area contributed by atoms with Gasteiger partial charge in [0.1, 0.15) is 0 Å². The number of hydrogen-bond donors (Lipinski definition) is 2. The summed E-state index contributed by atoms with van der Waals surface area (Å²) in [6.45, 7) is 5.77. The van der Waals surface area contributed by atoms with Crippen molar-refractivity contribution in [2.45, 2.75) is 38.9 Å². The smallest absolute Gasteiger partial charge is 0.679 e. The molecule has 0 fully saturated rings. The molecule has 3 unspecified atom stereocenters. The molecule has 0 saturated carbocycles. The van der Waals surface area contributed by atoms with E-state index in [1.807, 2.05) is 0 Å². The van der Waals surface area contributed by atoms with Gasteiger partial charge in [-0.2, -0.15) is 46.2 Å². The average Bonchev–Trinajstić information content (AvgIpc) is 2.28. The van der Waals surface area contributed by atoms with Crippen LogP contribution < -0.4 is 0 Å². The van der Waals surface area contributed by atoms with Crippen molar-refractivity contribution in [3.63, 3.8) is 0 Å². The monoisotopic (exact) mass is 378 g/mol. The molecule has 0 aromatic carbocycles. The van der Waals surface area contributed by atoms with Crippen LogP contribution in [0, 0.1) is 0 Å². The summed E-state index contributed by atoms with van der Waals surface area (Å²) in [5.41, 5.74) is 39.3. The van der Waals surface area contributed by atoms with Crippen molar-refractivity contribution in [1.29, 1.82) is 0 Å². The van der Waals surface area contributed by atoms with Gasteiger partial charge in [0.25, 0.3) is 0 Å². The van der Waals surface area contributed by atoms with E-state index in [-0.39, 0.29) is 57.2 Å². The SMILES string of the molecule is CC([NH-])C[NH-].CC([NH-])C[NH-].CC([NH-])C[NH-].O=S(=O)(O)O.[Zn+2]. The summed E-state index contributed by atoms with van der Waals surface area (Å²) in [6, 6.07) is -0.597. The van der Waals surface area contributed by atoms with E-state index in [4.69, 9.17) is 51.9 Å². The van der Waals surface area contributed by atoms with Crippen molar-refractivity contribution >= 4 is 10.4 Å². The van der Waals surface area contributed by atoms with Gasteiger partial charge < -0.3 is 34.4 Å². The van der Waals surface area contributed by atoms with Crippen LogP contribution in [0.4, 0.5) is 0 Å². The van der Waals surface area contributed by atoms with Gasteiger partial charge in [-0.3, -0.25) is 9.11 Å². The van der Waals surface area contributed by atoms with E-state index in [0.717, 1.165) is 0 Å². The Labute approximate surface area is 140 Å². The van der Waals surface area contributed by atoms with Gasteiger partial charge in [-0.1, -0.05) is 20.8 Å². The van der Waals surface area contributed by atoms with Crippen molar-refractivity contribution in [3.05, 3.63) is 34.4 Å². The first-order valence-electron chi connectivity index (χ1n) is 5.58. The molecule has 0 aromatic heterocycles. The maximum Gasteiger partial charge on any atom is 2.00 e. The van der Waals surface area contributed by atoms with Crippen molar-refractivity contribution in [2.24, 2.45) is 0 Å². The molecule has 21 heavy (non-hydrogen) atoms. The zero-order valence-corrected chi connectivity index (χ0v) is 16.5. The minimum absolute atomic E-state index is 0. The standard InChI is InChI=1S/3C3H8N2.H2O4S.Zn/c3*1-3(5)2-4;1-5(2,3)4;/h3*3-5H,2H2,1H3;(H2,1,2,3,4);/q3*-2;;+2. The summed E-state index contributed by atoms with van der Waals surface area (Å²) >= 11 is 0. The summed E-state index contributed by atoms with van der Waals surface area (Å²) in [7, 11) is -4.67. The molecule has 0 spiro atoms. The van der Waals surface area contributed by atoms with E-state index in [0.29, 0.717) is 0 Å². The first-order valence-corrected chi connectivity index (χ1v) is 6.98. The largest absolute Gasteiger partial charge is 2.00 e. The van der Waals surface area contributed by atoms with Gasteiger partial charge >= 0.3 is 29.9 Å². The van der Waals surface area contributed by atoms with Gasteiger partial charge in [0, 0.05) is 0 Å². The van der Waals surface area contributed by atoms with E-state index in [1.54, 1.807) is 20.8 Å². The Balaban J connectivity index is -0.0000000533. The van der Waals surface area contributed by atoms with Gasteiger partial charge in [0.05, 0.1) is 0 Å². The Hall–Kier alpha value is 0.253. The third-order valence-electron chi connectivity index (χ3n) is 0.919. The molecule has 3 atom stereocenters. The number of rotatable bonds is 3. The second-order valence-electron chi connectivity index (χ2n) is 3.76. The molecule has 0 aliphatic carbocycles. The zero-order chi connectivity index (χ0) is 17.4. The van der Waals surface area contributed by atoms with Crippen LogP contribution in [0.1, 0.15) is 20.8 Å². The molecule has 8 N–H and O–H groups in total. The zero-order valence-electron chi connectivity index (χ0n) is 12.7. The van der Waals surface area contributed by atoms with E-state index in [1.165, 1.54) is 0 Å². The summed E-state index contributed by atoms with van der Waals surface area (Å²) in [4.78, 5) is 0. The fraction of sp³-hybridized carbons (Fsp3) is 1.00. The molecule has 0 rings (SSSR count). The molecule has 12 heteroatoms. The molecule has 0 aliphatic rings. The summed E-state index contributed by atoms with van der Waals surface area (Å²) in [5, 5.41) is 0. The van der Waals surface area contributed by atoms with E-state index >= 15 is 0 Å². The Bertz CT molecular complexity index is 238. The molecule has 0 aliphatic heterocycles. The third kappa shape index (κ3) is 173. The van der Waals surface area contributed by atoms with Crippen molar-refractivity contribution in [2.75, 3.05) is 19.6 Å². The Morgan fingerprint density at radius 2 is 0.810 bits per heavy atom. The van der Waals surface area contributed by atoms with Crippen molar-refractivity contribution in [1.82, 2.24) is 0 Å². The van der Waals surface area contributed by atoms with Crippen LogP contribution in [0.25, 0.3) is 34.4 Å². The van der Waals surface area contributed by atoms with Gasteiger partial charge in [-0.25, -0.2) is 0 Å². The quantitative estimate of drug-likeness (QED) is 0.551. The average molecular weight is 380 g/mol. The minimum atomic E-state index is -4.67. The summed E-state index contributed by atoms with van der Waals surface area (Å²) in [5.74, 6) is 0. The fourth-order valence-electron chi connectivity index (χ4n) is 0. The van der Waals surface area contributed by atoms with E-state index < -0.39 is 10.4 Å². The maximum absolute atomic E-state index is 8.74. The predicted octanol–water partition coefficient (Wildman–Crippen LogP) is 3.78. The summed E-state index contributed by atoms with van der Waals surface area (Å²) in [6.07, 6.45) is 0. The van der Waals surface area contributed by atoms with Crippen LogP contribution in [0.2, 0.25) is 0 Å². The minimum Gasteiger partial charge on any atom is -0.679 e. The van der Waals surface area contributed by atoms with Crippen molar-refractivity contribution in [3.8, 4) is 0 Å². The Kier molecular flexibility index (Phi) is 35.4. The second-order valence-corrected chi connectivity index (χ2v) is 4.66. The molecule has 10 nitrogen and oxygen atoms in total. The molecular formula is C9H26N6O4SZn-4. The molecular weight excluding hydrogens is 354 g/mol. The van der Waals surface area contributed by atoms with Crippen molar-refractivity contribution < 1.29 is 37.0 Å². The molecule has 0 amide bonds. The number of hydrogen-bond acceptors (Lipinski definition) is 2. The molecule has 0 saturated heterocycles. The van der Waals surface area contributed by atoms with Gasteiger partial charge in [-0.15, -0.1) is 0 Å². The van der Waals surface area contributed by atoms with E-state index in [9.17, 15) is 0 Å². The Morgan fingerprint density at radius 1 is 0.762 bits per heavy atom. The Morgan fingerprint density at radius 3 is 0.810 bits per heavy atom. The molecule has 128 valence electrons. The second kappa shape index (κ2) is 22.5. The van der Waals surface area contributed by atoms with Gasteiger partial charge in [-0.05, 0) is 0 Å². The van der Waals surface area contributed by atoms with Crippen LogP contribution in [0.5, 0.6) is 0 Å². The summed E-state index contributed by atoms with van der Waals surface area (Å²) < 4.78 is 31.6. The van der Waals surface area contributed by atoms with Crippen LogP contribution in [0.15, 0.2) is 0 Å². The molecule has 0 bridgehead atoms. The van der Waals surface area contributed by atoms with E-state index in [2.05, 4.69) is 0 Å². The van der Waals surface area contributed by atoms with Crippen LogP contribution >= 0.6 is 0 Å². The van der Waals surface area contributed by atoms with Gasteiger partial charge in [0.2, 0.25) is 0 Å².